The Kier molecular flexibility index (Phi) is 3.49. The number of rotatable bonds is 2. The molecule has 2 amide bonds. The fourth-order valence-electron chi connectivity index (χ4n) is 1.99. The van der Waals surface area contributed by atoms with Gasteiger partial charge in [-0.3, -0.25) is 4.90 Å². The third kappa shape index (κ3) is 2.44. The molecule has 0 saturated heterocycles. The van der Waals surface area contributed by atoms with E-state index in [4.69, 9.17) is 10.7 Å². The fraction of sp³-hybridized carbons (Fsp3) is 0.364. The average Bonchev–Trinajstić information content (AvgIpc) is 2.70. The monoisotopic (exact) mass is 288 g/mol. The molecule has 2 rings (SSSR count). The second-order valence-electron chi connectivity index (χ2n) is 3.97. The molecule has 0 aliphatic carbocycles. The highest BCUT2D eigenvalue weighted by atomic mass is 35.7. The lowest BCUT2D eigenvalue weighted by atomic mass is 10.2. The van der Waals surface area contributed by atoms with Gasteiger partial charge in [0.05, 0.1) is 4.90 Å². The lowest BCUT2D eigenvalue weighted by molar-refractivity contribution is 0.247. The summed E-state index contributed by atoms with van der Waals surface area (Å²) in [7, 11) is 1.57. The van der Waals surface area contributed by atoms with E-state index in [0.717, 1.165) is 11.3 Å². The summed E-state index contributed by atoms with van der Waals surface area (Å²) < 4.78 is 22.4. The summed E-state index contributed by atoms with van der Waals surface area (Å²) in [5.41, 5.74) is 1.56. The molecule has 0 radical (unpaired) electrons. The normalized spacial score (nSPS) is 14.4. The molecule has 0 bridgehead atoms. The molecule has 1 N–H and O–H groups in total. The zero-order valence-electron chi connectivity index (χ0n) is 9.81. The maximum Gasteiger partial charge on any atom is 0.321 e. The molecule has 18 heavy (non-hydrogen) atoms. The van der Waals surface area contributed by atoms with Crippen molar-refractivity contribution in [2.45, 2.75) is 18.2 Å². The predicted molar refractivity (Wildman–Crippen MR) is 69.6 cm³/mol. The maximum atomic E-state index is 11.8. The molecule has 1 aromatic carbocycles. The third-order valence-corrected chi connectivity index (χ3v) is 4.15. The Morgan fingerprint density at radius 2 is 2.22 bits per heavy atom. The molecular weight excluding hydrogens is 276 g/mol. The minimum atomic E-state index is -3.72. The number of nitrogens with zero attached hydrogens (tertiary/aromatic N) is 1. The van der Waals surface area contributed by atoms with Gasteiger partial charge in [-0.05, 0) is 37.1 Å². The third-order valence-electron chi connectivity index (χ3n) is 2.80. The summed E-state index contributed by atoms with van der Waals surface area (Å²) in [4.78, 5) is 13.4. The Bertz CT molecular complexity index is 586. The lowest BCUT2D eigenvalue weighted by Crippen LogP contribution is -2.38. The van der Waals surface area contributed by atoms with E-state index in [0.29, 0.717) is 19.5 Å². The van der Waals surface area contributed by atoms with E-state index in [-0.39, 0.29) is 10.9 Å². The van der Waals surface area contributed by atoms with Gasteiger partial charge in [-0.25, -0.2) is 13.2 Å². The van der Waals surface area contributed by atoms with Gasteiger partial charge in [0, 0.05) is 29.5 Å². The van der Waals surface area contributed by atoms with Crippen molar-refractivity contribution in [1.82, 2.24) is 5.32 Å². The van der Waals surface area contributed by atoms with Crippen molar-refractivity contribution >= 4 is 31.5 Å². The van der Waals surface area contributed by atoms with Gasteiger partial charge in [-0.15, -0.1) is 0 Å². The summed E-state index contributed by atoms with van der Waals surface area (Å²) >= 11 is 0. The van der Waals surface area contributed by atoms with E-state index in [1.54, 1.807) is 11.0 Å². The number of anilines is 1. The van der Waals surface area contributed by atoms with Crippen LogP contribution in [0.3, 0.4) is 0 Å². The number of urea groups is 1. The Labute approximate surface area is 110 Å². The van der Waals surface area contributed by atoms with Crippen molar-refractivity contribution in [3.05, 3.63) is 23.8 Å². The van der Waals surface area contributed by atoms with Crippen LogP contribution in [0.1, 0.15) is 12.5 Å². The van der Waals surface area contributed by atoms with Gasteiger partial charge in [-0.1, -0.05) is 0 Å². The highest BCUT2D eigenvalue weighted by molar-refractivity contribution is 8.13. The van der Waals surface area contributed by atoms with Crippen LogP contribution in [0.4, 0.5) is 10.5 Å². The van der Waals surface area contributed by atoms with Crippen molar-refractivity contribution in [2.24, 2.45) is 0 Å². The largest absolute Gasteiger partial charge is 0.338 e. The molecule has 1 aromatic rings. The average molecular weight is 289 g/mol. The summed E-state index contributed by atoms with van der Waals surface area (Å²) in [6.45, 7) is 2.95. The van der Waals surface area contributed by atoms with Crippen LogP contribution in [0.15, 0.2) is 23.1 Å². The van der Waals surface area contributed by atoms with Crippen LogP contribution in [-0.2, 0) is 15.5 Å². The van der Waals surface area contributed by atoms with Crippen molar-refractivity contribution in [2.75, 3.05) is 18.0 Å². The molecule has 1 aliphatic heterocycles. The summed E-state index contributed by atoms with van der Waals surface area (Å²) in [6.07, 6.45) is 0.632. The van der Waals surface area contributed by atoms with Gasteiger partial charge in [-0.2, -0.15) is 0 Å². The summed E-state index contributed by atoms with van der Waals surface area (Å²) in [6, 6.07) is 4.39. The van der Waals surface area contributed by atoms with E-state index < -0.39 is 9.05 Å². The van der Waals surface area contributed by atoms with Gasteiger partial charge in [0.1, 0.15) is 0 Å². The van der Waals surface area contributed by atoms with Crippen LogP contribution in [0, 0.1) is 0 Å². The van der Waals surface area contributed by atoms with Gasteiger partial charge < -0.3 is 5.32 Å². The number of amides is 2. The molecule has 7 heteroatoms. The van der Waals surface area contributed by atoms with Gasteiger partial charge >= 0.3 is 6.03 Å². The van der Waals surface area contributed by atoms with Crippen molar-refractivity contribution in [1.29, 1.82) is 0 Å². The molecule has 1 aliphatic rings. The zero-order valence-corrected chi connectivity index (χ0v) is 11.4. The number of hydrogen-bond donors (Lipinski definition) is 1. The topological polar surface area (TPSA) is 66.5 Å². The van der Waals surface area contributed by atoms with E-state index in [1.165, 1.54) is 12.1 Å². The highest BCUT2D eigenvalue weighted by Gasteiger charge is 2.25. The number of hydrogen-bond acceptors (Lipinski definition) is 3. The van der Waals surface area contributed by atoms with Crippen LogP contribution in [0.25, 0.3) is 0 Å². The number of fused-ring (bicyclic) bond motifs is 1. The van der Waals surface area contributed by atoms with Crippen LogP contribution >= 0.6 is 10.7 Å². The number of nitrogens with one attached hydrogen (secondary N) is 1. The SMILES string of the molecule is CCNC(=O)N1CCc2cc(S(=O)(=O)Cl)ccc21. The lowest BCUT2D eigenvalue weighted by Gasteiger charge is -2.17. The van der Waals surface area contributed by atoms with E-state index in [2.05, 4.69) is 5.32 Å². The quantitative estimate of drug-likeness (QED) is 0.843. The van der Waals surface area contributed by atoms with Crippen LogP contribution in [0.2, 0.25) is 0 Å². The number of carbonyl (C=O) groups excluding carboxylic acids is 1. The van der Waals surface area contributed by atoms with Crippen LogP contribution in [-0.4, -0.2) is 27.5 Å². The number of carbonyl (C=O) groups is 1. The standard InChI is InChI=1S/C11H13ClN2O3S/c1-2-13-11(15)14-6-5-8-7-9(18(12,16)17)3-4-10(8)14/h3-4,7H,2,5-6H2,1H3,(H,13,15). The summed E-state index contributed by atoms with van der Waals surface area (Å²) in [5.74, 6) is 0. The molecule has 0 atom stereocenters. The smallest absolute Gasteiger partial charge is 0.321 e. The molecule has 0 fully saturated rings. The minimum Gasteiger partial charge on any atom is -0.338 e. The molecule has 0 spiro atoms. The first-order valence-corrected chi connectivity index (χ1v) is 7.87. The zero-order chi connectivity index (χ0) is 13.3. The maximum absolute atomic E-state index is 11.8. The van der Waals surface area contributed by atoms with E-state index in [1.807, 2.05) is 6.92 Å². The Morgan fingerprint density at radius 3 is 2.83 bits per heavy atom. The molecule has 5 nitrogen and oxygen atoms in total. The van der Waals surface area contributed by atoms with Gasteiger partial charge in [0.25, 0.3) is 9.05 Å². The molecule has 98 valence electrons. The second-order valence-corrected chi connectivity index (χ2v) is 6.53. The van der Waals surface area contributed by atoms with Crippen LogP contribution in [0.5, 0.6) is 0 Å². The molecular formula is C11H13ClN2O3S. The molecule has 0 saturated carbocycles. The second kappa shape index (κ2) is 4.78. The Morgan fingerprint density at radius 1 is 1.50 bits per heavy atom. The Balaban J connectivity index is 2.34. The first kappa shape index (κ1) is 13.2. The molecule has 1 heterocycles. The van der Waals surface area contributed by atoms with Crippen LogP contribution < -0.4 is 10.2 Å². The van der Waals surface area contributed by atoms with Crippen molar-refractivity contribution < 1.29 is 13.2 Å². The van der Waals surface area contributed by atoms with Gasteiger partial charge in [0.15, 0.2) is 0 Å². The molecule has 0 unspecified atom stereocenters. The first-order valence-electron chi connectivity index (χ1n) is 5.56. The fourth-order valence-corrected chi connectivity index (χ4v) is 2.79. The van der Waals surface area contributed by atoms with E-state index >= 15 is 0 Å². The highest BCUT2D eigenvalue weighted by Crippen LogP contribution is 2.31. The van der Waals surface area contributed by atoms with Crippen molar-refractivity contribution in [3.8, 4) is 0 Å². The predicted octanol–water partition coefficient (Wildman–Crippen LogP) is 1.71. The van der Waals surface area contributed by atoms with E-state index in [9.17, 15) is 13.2 Å². The summed E-state index contributed by atoms with van der Waals surface area (Å²) in [5, 5.41) is 2.72. The number of benzene rings is 1. The van der Waals surface area contributed by atoms with Crippen molar-refractivity contribution in [3.63, 3.8) is 0 Å². The Hall–Kier alpha value is -1.27. The molecule has 0 aromatic heterocycles. The number of halogens is 1. The van der Waals surface area contributed by atoms with Gasteiger partial charge in [0.2, 0.25) is 0 Å². The first-order chi connectivity index (χ1) is 8.43. The minimum absolute atomic E-state index is 0.0701.